The smallest absolute Gasteiger partial charge is 1.00 e. The molecule has 4 aromatic carbocycles. The maximum atomic E-state index is 13.7. The Hall–Kier alpha value is -2.90. The molecule has 0 saturated carbocycles. The van der Waals surface area contributed by atoms with Crippen molar-refractivity contribution in [3.63, 3.8) is 0 Å². The third-order valence-electron chi connectivity index (χ3n) is 5.39. The van der Waals surface area contributed by atoms with Crippen LogP contribution in [0.15, 0.2) is 104 Å². The number of rotatable bonds is 5. The molecule has 0 saturated heterocycles. The molecule has 0 radical (unpaired) electrons. The van der Waals surface area contributed by atoms with Crippen molar-refractivity contribution in [3.8, 4) is 22.3 Å². The third-order valence-corrected chi connectivity index (χ3v) is 5.39. The Labute approximate surface area is 250 Å². The zero-order chi connectivity index (χ0) is 26.7. The summed E-state index contributed by atoms with van der Waals surface area (Å²) in [7, 11) is 0. The van der Waals surface area contributed by atoms with Gasteiger partial charge in [0.2, 0.25) is 0 Å². The molecular formula is C32H29BrF2MgO2. The molecule has 4 rings (SSSR count). The van der Waals surface area contributed by atoms with E-state index in [0.29, 0.717) is 16.7 Å². The maximum absolute atomic E-state index is 13.7. The van der Waals surface area contributed by atoms with Gasteiger partial charge in [-0.05, 0) is 54.8 Å². The number of carbonyl (C=O) groups is 1. The summed E-state index contributed by atoms with van der Waals surface area (Å²) < 4.78 is 27.3. The predicted molar refractivity (Wildman–Crippen MR) is 149 cm³/mol. The van der Waals surface area contributed by atoms with E-state index in [0.717, 1.165) is 34.1 Å². The van der Waals surface area contributed by atoms with Crippen molar-refractivity contribution >= 4 is 29.3 Å². The van der Waals surface area contributed by atoms with Crippen molar-refractivity contribution in [2.45, 2.75) is 20.0 Å². The van der Waals surface area contributed by atoms with E-state index in [1.165, 1.54) is 18.2 Å². The summed E-state index contributed by atoms with van der Waals surface area (Å²) in [4.78, 5) is 10.5. The fraction of sp³-hybridized carbons (Fsp3) is 0.0938. The number of aldehydes is 1. The number of carbonyl (C=O) groups excluding carboxylic acids is 1. The molecule has 4 aromatic rings. The van der Waals surface area contributed by atoms with Crippen LogP contribution in [0.3, 0.4) is 0 Å². The number of hydrogen-bond donors (Lipinski definition) is 1. The minimum Gasteiger partial charge on any atom is -1.00 e. The molecule has 0 bridgehead atoms. The van der Waals surface area contributed by atoms with Gasteiger partial charge in [0.15, 0.2) is 0 Å². The van der Waals surface area contributed by atoms with Gasteiger partial charge in [0.25, 0.3) is 0 Å². The van der Waals surface area contributed by atoms with E-state index in [9.17, 15) is 18.7 Å². The van der Waals surface area contributed by atoms with Crippen LogP contribution in [0.1, 0.15) is 33.2 Å². The molecule has 0 spiro atoms. The van der Waals surface area contributed by atoms with Gasteiger partial charge in [0, 0.05) is 16.7 Å². The van der Waals surface area contributed by atoms with Crippen LogP contribution in [0, 0.1) is 32.1 Å². The van der Waals surface area contributed by atoms with Crippen molar-refractivity contribution in [1.29, 1.82) is 0 Å². The number of aliphatic hydroxyl groups excluding tert-OH is 1. The quantitative estimate of drug-likeness (QED) is 0.157. The van der Waals surface area contributed by atoms with Crippen molar-refractivity contribution in [1.82, 2.24) is 0 Å². The Morgan fingerprint density at radius 2 is 1.16 bits per heavy atom. The molecule has 1 atom stereocenters. The molecule has 0 fully saturated rings. The molecule has 0 aliphatic carbocycles. The summed E-state index contributed by atoms with van der Waals surface area (Å²) >= 11 is 0. The van der Waals surface area contributed by atoms with Crippen molar-refractivity contribution in [2.24, 2.45) is 0 Å². The van der Waals surface area contributed by atoms with Gasteiger partial charge in [0.05, 0.1) is 6.10 Å². The minimum absolute atomic E-state index is 0. The largest absolute Gasteiger partial charge is 2.00 e. The maximum Gasteiger partial charge on any atom is 2.00 e. The molecule has 0 aromatic heterocycles. The Balaban J connectivity index is 0.000000648. The van der Waals surface area contributed by atoms with E-state index in [-0.39, 0.29) is 51.7 Å². The monoisotopic (exact) mass is 586 g/mol. The number of aryl methyl sites for hydroxylation is 2. The summed E-state index contributed by atoms with van der Waals surface area (Å²) in [6, 6.07) is 24.1. The van der Waals surface area contributed by atoms with Crippen LogP contribution in [0.5, 0.6) is 0 Å². The normalized spacial score (nSPS) is 10.1. The van der Waals surface area contributed by atoms with Crippen LogP contribution in [0.25, 0.3) is 22.3 Å². The van der Waals surface area contributed by atoms with Crippen molar-refractivity contribution < 1.29 is 35.7 Å². The second-order valence-electron chi connectivity index (χ2n) is 8.01. The average Bonchev–Trinajstić information content (AvgIpc) is 2.92. The summed E-state index contributed by atoms with van der Waals surface area (Å²) in [6.07, 6.45) is 1.56. The van der Waals surface area contributed by atoms with Crippen LogP contribution >= 0.6 is 0 Å². The van der Waals surface area contributed by atoms with E-state index in [1.807, 2.05) is 19.9 Å². The molecule has 0 amide bonds. The first kappa shape index (κ1) is 35.1. The third kappa shape index (κ3) is 9.76. The predicted octanol–water partition coefficient (Wildman–Crippen LogP) is 4.86. The van der Waals surface area contributed by atoms with Gasteiger partial charge in [-0.3, -0.25) is 11.4 Å². The zero-order valence-electron chi connectivity index (χ0n) is 21.5. The number of benzene rings is 4. The molecule has 0 heterocycles. The van der Waals surface area contributed by atoms with Crippen LogP contribution in [0.4, 0.5) is 8.78 Å². The zero-order valence-corrected chi connectivity index (χ0v) is 24.5. The molecule has 2 nitrogen and oxygen atoms in total. The summed E-state index contributed by atoms with van der Waals surface area (Å²) in [5, 5.41) is 9.60. The molecule has 1 N–H and O–H groups in total. The van der Waals surface area contributed by atoms with Crippen LogP contribution in [-0.4, -0.2) is 34.4 Å². The number of aliphatic hydroxyl groups is 1. The average molecular weight is 588 g/mol. The van der Waals surface area contributed by atoms with Crippen molar-refractivity contribution in [3.05, 3.63) is 145 Å². The first-order valence-corrected chi connectivity index (χ1v) is 11.2. The minimum atomic E-state index is -0.679. The molecule has 192 valence electrons. The van der Waals surface area contributed by atoms with Gasteiger partial charge >= 0.3 is 23.1 Å². The van der Waals surface area contributed by atoms with Crippen LogP contribution in [-0.2, 0) is 0 Å². The Morgan fingerprint density at radius 3 is 1.53 bits per heavy atom. The molecule has 6 heteroatoms. The molecule has 0 aliphatic heterocycles. The van der Waals surface area contributed by atoms with Gasteiger partial charge in [-0.25, -0.2) is 8.78 Å². The standard InChI is InChI=1S/C16H15FO.C14H11FO.C2H3.BrH.Mg/c1-3-16(18)13-7-5-12(6-8-13)14-10-11(2)4-9-15(14)17;1-10-2-7-14(15)13(8-10)12-5-3-11(9-16)4-6-12;1-2;;/h3-10,16,18H,1H2,2H3;2-9H,1H3;1H,2H2;1H;/q;;-1;;+2/p-1. The van der Waals surface area contributed by atoms with E-state index >= 15 is 0 Å². The first-order chi connectivity index (χ1) is 17.3. The number of halogens is 3. The second-order valence-corrected chi connectivity index (χ2v) is 8.01. The van der Waals surface area contributed by atoms with Gasteiger partial charge in [-0.1, -0.05) is 77.9 Å². The van der Waals surface area contributed by atoms with Gasteiger partial charge < -0.3 is 28.7 Å². The van der Waals surface area contributed by atoms with Crippen LogP contribution in [0.2, 0.25) is 0 Å². The first-order valence-electron chi connectivity index (χ1n) is 11.2. The fourth-order valence-electron chi connectivity index (χ4n) is 3.46. The second kappa shape index (κ2) is 17.6. The molecular weight excluding hydrogens is 559 g/mol. The Morgan fingerprint density at radius 1 is 0.763 bits per heavy atom. The summed E-state index contributed by atoms with van der Waals surface area (Å²) in [5.74, 6) is -0.484. The van der Waals surface area contributed by atoms with E-state index in [1.54, 1.807) is 66.7 Å². The Kier molecular flexibility index (Phi) is 16.2. The molecule has 0 aliphatic rings. The fourth-order valence-corrected chi connectivity index (χ4v) is 3.46. The summed E-state index contributed by atoms with van der Waals surface area (Å²) in [6.45, 7) is 14.4. The van der Waals surface area contributed by atoms with Crippen LogP contribution < -0.4 is 17.0 Å². The van der Waals surface area contributed by atoms with E-state index in [2.05, 4.69) is 19.7 Å². The van der Waals surface area contributed by atoms with Crippen molar-refractivity contribution in [2.75, 3.05) is 0 Å². The van der Waals surface area contributed by atoms with E-state index < -0.39 is 6.10 Å². The SMILES string of the molecule is C=CC(O)c1ccc(-c2cc(C)ccc2F)cc1.Cc1ccc(F)c(-c2ccc(C=O)cc2)c1.[Br-].[CH-]=C.[Mg+2]. The Bertz CT molecular complexity index is 1310. The molecule has 38 heavy (non-hydrogen) atoms. The van der Waals surface area contributed by atoms with Gasteiger partial charge in [-0.15, -0.1) is 6.58 Å². The van der Waals surface area contributed by atoms with Gasteiger partial charge in [-0.2, -0.15) is 0 Å². The number of hydrogen-bond acceptors (Lipinski definition) is 2. The molecule has 1 unspecified atom stereocenters. The van der Waals surface area contributed by atoms with Gasteiger partial charge in [0.1, 0.15) is 17.9 Å². The van der Waals surface area contributed by atoms with E-state index in [4.69, 9.17) is 0 Å². The summed E-state index contributed by atoms with van der Waals surface area (Å²) in [5.41, 5.74) is 6.10. The topological polar surface area (TPSA) is 37.3 Å².